The van der Waals surface area contributed by atoms with Crippen LogP contribution in [0.1, 0.15) is 18.4 Å². The molecule has 0 unspecified atom stereocenters. The van der Waals surface area contributed by atoms with E-state index in [1.54, 1.807) is 12.1 Å². The molecule has 2 heterocycles. The monoisotopic (exact) mass is 467 g/mol. The third kappa shape index (κ3) is 4.32. The van der Waals surface area contributed by atoms with Crippen molar-refractivity contribution in [3.05, 3.63) is 42.0 Å². The van der Waals surface area contributed by atoms with Crippen LogP contribution in [-0.2, 0) is 16.0 Å². The Balaban J connectivity index is 1.86. The van der Waals surface area contributed by atoms with Gasteiger partial charge >= 0.3 is 6.18 Å². The van der Waals surface area contributed by atoms with Crippen LogP contribution >= 0.6 is 0 Å². The number of benzene rings is 2. The maximum absolute atomic E-state index is 13.7. The standard InChI is InChI=1S/C20H20F3N5O3S/c1-32(30,31)18-16(20(21,22)23)7-6-15(17(18)19-24-26-27-25-19)12-2-4-13(5-3-12)28-10-8-14(29)9-11-28/h2-7,14,29H,8-11H2,1H3,(H,24,25,26,27). The number of aromatic amines is 1. The first-order valence-electron chi connectivity index (χ1n) is 9.77. The molecular formula is C20H20F3N5O3S. The minimum absolute atomic E-state index is 0.180. The van der Waals surface area contributed by atoms with Gasteiger partial charge in [0.15, 0.2) is 15.7 Å². The highest BCUT2D eigenvalue weighted by atomic mass is 32.2. The predicted octanol–water partition coefficient (Wildman–Crippen LogP) is 2.92. The number of sulfone groups is 1. The van der Waals surface area contributed by atoms with E-state index in [0.717, 1.165) is 18.0 Å². The predicted molar refractivity (Wildman–Crippen MR) is 111 cm³/mol. The molecule has 4 rings (SSSR count). The van der Waals surface area contributed by atoms with E-state index >= 15 is 0 Å². The summed E-state index contributed by atoms with van der Waals surface area (Å²) in [7, 11) is -4.30. The Morgan fingerprint density at radius 2 is 1.75 bits per heavy atom. The fraction of sp³-hybridized carbons (Fsp3) is 0.350. The summed E-state index contributed by atoms with van der Waals surface area (Å²) in [5.74, 6) is -0.180. The molecule has 0 bridgehead atoms. The van der Waals surface area contributed by atoms with Gasteiger partial charge in [-0.15, -0.1) is 5.10 Å². The van der Waals surface area contributed by atoms with Gasteiger partial charge in [-0.25, -0.2) is 13.5 Å². The number of alkyl halides is 3. The molecule has 0 atom stereocenters. The number of hydrogen-bond donors (Lipinski definition) is 2. The van der Waals surface area contributed by atoms with Crippen LogP contribution in [0, 0.1) is 0 Å². The fourth-order valence-corrected chi connectivity index (χ4v) is 5.07. The van der Waals surface area contributed by atoms with E-state index in [2.05, 4.69) is 25.5 Å². The van der Waals surface area contributed by atoms with Crippen molar-refractivity contribution >= 4 is 15.5 Å². The van der Waals surface area contributed by atoms with Gasteiger partial charge in [-0.3, -0.25) is 0 Å². The zero-order valence-electron chi connectivity index (χ0n) is 17.0. The van der Waals surface area contributed by atoms with E-state index in [9.17, 15) is 26.7 Å². The number of piperidine rings is 1. The summed E-state index contributed by atoms with van der Waals surface area (Å²) in [5.41, 5.74) is 0.145. The van der Waals surface area contributed by atoms with Gasteiger partial charge in [0.25, 0.3) is 0 Å². The Hall–Kier alpha value is -2.99. The van der Waals surface area contributed by atoms with Gasteiger partial charge in [0.05, 0.1) is 16.6 Å². The molecule has 1 fully saturated rings. The number of halogens is 3. The molecule has 32 heavy (non-hydrogen) atoms. The summed E-state index contributed by atoms with van der Waals surface area (Å²) in [4.78, 5) is 1.22. The Labute approximate surface area is 182 Å². The van der Waals surface area contributed by atoms with Gasteiger partial charge in [0, 0.05) is 30.6 Å². The second-order valence-corrected chi connectivity index (χ2v) is 9.60. The largest absolute Gasteiger partial charge is 0.417 e. The van der Waals surface area contributed by atoms with Crippen LogP contribution in [0.2, 0.25) is 0 Å². The van der Waals surface area contributed by atoms with E-state index in [4.69, 9.17) is 0 Å². The van der Waals surface area contributed by atoms with Crippen molar-refractivity contribution in [3.8, 4) is 22.5 Å². The van der Waals surface area contributed by atoms with Gasteiger partial charge in [-0.1, -0.05) is 18.2 Å². The smallest absolute Gasteiger partial charge is 0.393 e. The lowest BCUT2D eigenvalue weighted by Gasteiger charge is -2.31. The van der Waals surface area contributed by atoms with Gasteiger partial charge < -0.3 is 10.0 Å². The van der Waals surface area contributed by atoms with E-state index in [1.165, 1.54) is 6.07 Å². The van der Waals surface area contributed by atoms with Gasteiger partial charge in [0.2, 0.25) is 0 Å². The molecule has 1 aliphatic heterocycles. The SMILES string of the molecule is CS(=O)(=O)c1c(C(F)(F)F)ccc(-c2ccc(N3CCC(O)CC3)cc2)c1-c1nnn[nH]1. The molecule has 3 aromatic rings. The summed E-state index contributed by atoms with van der Waals surface area (Å²) >= 11 is 0. The number of anilines is 1. The Morgan fingerprint density at radius 1 is 1.09 bits per heavy atom. The van der Waals surface area contributed by atoms with Crippen molar-refractivity contribution in [2.45, 2.75) is 30.0 Å². The van der Waals surface area contributed by atoms with Crippen LogP contribution in [0.25, 0.3) is 22.5 Å². The molecule has 170 valence electrons. The molecule has 1 aliphatic rings. The van der Waals surface area contributed by atoms with Gasteiger partial charge in [0.1, 0.15) is 0 Å². The molecule has 8 nitrogen and oxygen atoms in total. The maximum Gasteiger partial charge on any atom is 0.417 e. The van der Waals surface area contributed by atoms with E-state index in [-0.39, 0.29) is 23.1 Å². The molecular weight excluding hydrogens is 447 g/mol. The molecule has 0 radical (unpaired) electrons. The molecule has 0 aliphatic carbocycles. The first-order chi connectivity index (χ1) is 15.1. The number of nitrogens with zero attached hydrogens (tertiary/aromatic N) is 4. The number of aromatic nitrogens is 4. The van der Waals surface area contributed by atoms with Crippen LogP contribution in [-0.4, -0.2) is 59.6 Å². The quantitative estimate of drug-likeness (QED) is 0.607. The minimum atomic E-state index is -4.89. The number of rotatable bonds is 4. The molecule has 12 heteroatoms. The summed E-state index contributed by atoms with van der Waals surface area (Å²) in [5, 5.41) is 22.6. The summed E-state index contributed by atoms with van der Waals surface area (Å²) < 4.78 is 66.0. The van der Waals surface area contributed by atoms with Crippen LogP contribution in [0.5, 0.6) is 0 Å². The number of H-pyrrole nitrogens is 1. The van der Waals surface area contributed by atoms with Gasteiger partial charge in [-0.05, 0) is 52.6 Å². The second-order valence-electron chi connectivity index (χ2n) is 7.65. The normalized spacial score (nSPS) is 15.8. The third-order valence-corrected chi connectivity index (χ3v) is 6.59. The van der Waals surface area contributed by atoms with Crippen molar-refractivity contribution in [1.29, 1.82) is 0 Å². The summed E-state index contributed by atoms with van der Waals surface area (Å²) in [6.45, 7) is 1.38. The molecule has 1 saturated heterocycles. The molecule has 2 N–H and O–H groups in total. The average molecular weight is 467 g/mol. The van der Waals surface area contributed by atoms with Crippen LogP contribution < -0.4 is 4.90 Å². The molecule has 0 saturated carbocycles. The van der Waals surface area contributed by atoms with E-state index in [1.807, 2.05) is 12.1 Å². The first kappa shape index (κ1) is 22.2. The fourth-order valence-electron chi connectivity index (χ4n) is 3.91. The average Bonchev–Trinajstić information content (AvgIpc) is 3.27. The lowest BCUT2D eigenvalue weighted by Crippen LogP contribution is -2.35. The number of aliphatic hydroxyl groups excluding tert-OH is 1. The minimum Gasteiger partial charge on any atom is -0.393 e. The Kier molecular flexibility index (Phi) is 5.67. The first-order valence-corrected chi connectivity index (χ1v) is 11.7. The van der Waals surface area contributed by atoms with E-state index in [0.29, 0.717) is 31.5 Å². The zero-order chi connectivity index (χ0) is 23.1. The highest BCUT2D eigenvalue weighted by Crippen LogP contribution is 2.43. The van der Waals surface area contributed by atoms with Gasteiger partial charge in [-0.2, -0.15) is 13.2 Å². The highest BCUT2D eigenvalue weighted by Gasteiger charge is 2.39. The highest BCUT2D eigenvalue weighted by molar-refractivity contribution is 7.91. The van der Waals surface area contributed by atoms with Crippen molar-refractivity contribution in [1.82, 2.24) is 20.6 Å². The molecule has 0 amide bonds. The van der Waals surface area contributed by atoms with Crippen molar-refractivity contribution in [2.75, 3.05) is 24.2 Å². The Bertz CT molecular complexity index is 1200. The number of hydrogen-bond acceptors (Lipinski definition) is 7. The topological polar surface area (TPSA) is 112 Å². The molecule has 1 aromatic heterocycles. The molecule has 0 spiro atoms. The zero-order valence-corrected chi connectivity index (χ0v) is 17.8. The summed E-state index contributed by atoms with van der Waals surface area (Å²) in [6.07, 6.45) is -3.17. The van der Waals surface area contributed by atoms with Crippen molar-refractivity contribution < 1.29 is 26.7 Å². The van der Waals surface area contributed by atoms with E-state index < -0.39 is 26.5 Å². The van der Waals surface area contributed by atoms with Crippen molar-refractivity contribution in [2.24, 2.45) is 0 Å². The lowest BCUT2D eigenvalue weighted by molar-refractivity contribution is -0.139. The van der Waals surface area contributed by atoms with Crippen LogP contribution in [0.4, 0.5) is 18.9 Å². The Morgan fingerprint density at radius 3 is 2.28 bits per heavy atom. The number of nitrogens with one attached hydrogen (secondary N) is 1. The maximum atomic E-state index is 13.7. The summed E-state index contributed by atoms with van der Waals surface area (Å²) in [6, 6.07) is 9.03. The second kappa shape index (κ2) is 8.17. The van der Waals surface area contributed by atoms with Crippen LogP contribution in [0.3, 0.4) is 0 Å². The molecule has 2 aromatic carbocycles. The number of tetrazole rings is 1. The lowest BCUT2D eigenvalue weighted by atomic mass is 9.96. The van der Waals surface area contributed by atoms with Crippen LogP contribution in [0.15, 0.2) is 41.3 Å². The number of aliphatic hydroxyl groups is 1. The van der Waals surface area contributed by atoms with Crippen molar-refractivity contribution in [3.63, 3.8) is 0 Å². The third-order valence-electron chi connectivity index (χ3n) is 5.42.